The number of aryl methyl sites for hydroxylation is 2. The van der Waals surface area contributed by atoms with Gasteiger partial charge in [-0.25, -0.2) is 14.6 Å². The highest BCUT2D eigenvalue weighted by Crippen LogP contribution is 2.15. The molecule has 2 N–H and O–H groups in total. The third-order valence-corrected chi connectivity index (χ3v) is 3.70. The van der Waals surface area contributed by atoms with E-state index in [4.69, 9.17) is 0 Å². The SMILES string of the molecule is CCCn1c(NN=Cc2ccc(F)cc2)nc2c1c(=O)[nH]c(=O)n2C. The second-order valence-corrected chi connectivity index (χ2v) is 5.50. The Morgan fingerprint density at radius 2 is 2.04 bits per heavy atom. The molecule has 3 aromatic rings. The number of halogens is 1. The summed E-state index contributed by atoms with van der Waals surface area (Å²) >= 11 is 0. The Morgan fingerprint density at radius 1 is 1.32 bits per heavy atom. The molecule has 3 rings (SSSR count). The maximum Gasteiger partial charge on any atom is 0.329 e. The predicted octanol–water partition coefficient (Wildman–Crippen LogP) is 1.42. The molecule has 25 heavy (non-hydrogen) atoms. The highest BCUT2D eigenvalue weighted by Gasteiger charge is 2.16. The van der Waals surface area contributed by atoms with Crippen LogP contribution in [0.2, 0.25) is 0 Å². The first kappa shape index (κ1) is 16.6. The van der Waals surface area contributed by atoms with Crippen LogP contribution in [0.1, 0.15) is 18.9 Å². The first-order valence-electron chi connectivity index (χ1n) is 7.75. The minimum atomic E-state index is -0.528. The van der Waals surface area contributed by atoms with Crippen LogP contribution in [0.15, 0.2) is 39.0 Å². The van der Waals surface area contributed by atoms with Crippen LogP contribution >= 0.6 is 0 Å². The molecule has 130 valence electrons. The summed E-state index contributed by atoms with van der Waals surface area (Å²) in [4.78, 5) is 30.5. The van der Waals surface area contributed by atoms with Gasteiger partial charge in [-0.2, -0.15) is 10.1 Å². The number of nitrogens with zero attached hydrogens (tertiary/aromatic N) is 4. The quantitative estimate of drug-likeness (QED) is 0.540. The largest absolute Gasteiger partial charge is 0.329 e. The highest BCUT2D eigenvalue weighted by molar-refractivity contribution is 5.80. The second kappa shape index (κ2) is 6.71. The third-order valence-electron chi connectivity index (χ3n) is 3.70. The van der Waals surface area contributed by atoms with Crippen LogP contribution in [-0.2, 0) is 13.6 Å². The fourth-order valence-electron chi connectivity index (χ4n) is 2.47. The van der Waals surface area contributed by atoms with Gasteiger partial charge in [0.2, 0.25) is 5.95 Å². The number of H-pyrrole nitrogens is 1. The lowest BCUT2D eigenvalue weighted by molar-refractivity contribution is 0.628. The van der Waals surface area contributed by atoms with Crippen molar-refractivity contribution in [2.24, 2.45) is 12.1 Å². The van der Waals surface area contributed by atoms with E-state index in [0.717, 1.165) is 6.42 Å². The van der Waals surface area contributed by atoms with Gasteiger partial charge in [-0.15, -0.1) is 0 Å². The van der Waals surface area contributed by atoms with Crippen molar-refractivity contribution in [2.45, 2.75) is 19.9 Å². The molecule has 0 aliphatic heterocycles. The topological polar surface area (TPSA) is 97.1 Å². The molecule has 0 bridgehead atoms. The van der Waals surface area contributed by atoms with E-state index in [1.165, 1.54) is 30.0 Å². The van der Waals surface area contributed by atoms with Crippen LogP contribution in [0.4, 0.5) is 10.3 Å². The zero-order chi connectivity index (χ0) is 18.0. The third kappa shape index (κ3) is 3.21. The van der Waals surface area contributed by atoms with E-state index in [2.05, 4.69) is 20.5 Å². The Labute approximate surface area is 141 Å². The van der Waals surface area contributed by atoms with Crippen molar-refractivity contribution in [3.05, 3.63) is 56.5 Å². The minimum absolute atomic E-state index is 0.279. The van der Waals surface area contributed by atoms with Gasteiger partial charge in [0.25, 0.3) is 5.56 Å². The van der Waals surface area contributed by atoms with Gasteiger partial charge in [0.1, 0.15) is 5.82 Å². The molecule has 0 amide bonds. The van der Waals surface area contributed by atoms with Crippen molar-refractivity contribution in [3.8, 4) is 0 Å². The van der Waals surface area contributed by atoms with E-state index in [9.17, 15) is 14.0 Å². The summed E-state index contributed by atoms with van der Waals surface area (Å²) in [5.41, 5.74) is 3.06. The molecule has 0 atom stereocenters. The number of hydrazone groups is 1. The van der Waals surface area contributed by atoms with Gasteiger partial charge < -0.3 is 4.57 Å². The predicted molar refractivity (Wildman–Crippen MR) is 93.5 cm³/mol. The van der Waals surface area contributed by atoms with Crippen LogP contribution in [-0.4, -0.2) is 25.3 Å². The summed E-state index contributed by atoms with van der Waals surface area (Å²) in [6.45, 7) is 2.50. The number of fused-ring (bicyclic) bond motifs is 1. The number of aromatic nitrogens is 4. The van der Waals surface area contributed by atoms with E-state index in [-0.39, 0.29) is 11.5 Å². The van der Waals surface area contributed by atoms with E-state index in [1.807, 2.05) is 6.92 Å². The molecule has 0 unspecified atom stereocenters. The lowest BCUT2D eigenvalue weighted by atomic mass is 10.2. The standard InChI is InChI=1S/C16H17FN6O2/c1-3-8-23-12-13(22(2)16(25)20-14(12)24)19-15(23)21-18-9-10-4-6-11(17)7-5-10/h4-7,9H,3,8H2,1-2H3,(H,19,21)(H,20,24,25). The molecule has 0 aliphatic rings. The van der Waals surface area contributed by atoms with Gasteiger partial charge in [0.15, 0.2) is 11.2 Å². The van der Waals surface area contributed by atoms with Crippen LogP contribution in [0.3, 0.4) is 0 Å². The monoisotopic (exact) mass is 344 g/mol. The van der Waals surface area contributed by atoms with Gasteiger partial charge in [-0.3, -0.25) is 14.3 Å². The van der Waals surface area contributed by atoms with E-state index < -0.39 is 11.2 Å². The molecule has 8 nitrogen and oxygen atoms in total. The summed E-state index contributed by atoms with van der Waals surface area (Å²) in [5, 5.41) is 4.08. The fraction of sp³-hybridized carbons (Fsp3) is 0.250. The second-order valence-electron chi connectivity index (χ2n) is 5.50. The zero-order valence-electron chi connectivity index (χ0n) is 13.8. The van der Waals surface area contributed by atoms with E-state index >= 15 is 0 Å². The Kier molecular flexibility index (Phi) is 4.46. The van der Waals surface area contributed by atoms with Crippen LogP contribution in [0.5, 0.6) is 0 Å². The molecule has 1 aromatic carbocycles. The van der Waals surface area contributed by atoms with Gasteiger partial charge in [-0.05, 0) is 24.1 Å². The lowest BCUT2D eigenvalue weighted by Crippen LogP contribution is -2.29. The molecule has 9 heteroatoms. The molecule has 2 aromatic heterocycles. The molecular weight excluding hydrogens is 327 g/mol. The van der Waals surface area contributed by atoms with Crippen molar-refractivity contribution in [2.75, 3.05) is 5.43 Å². The average molecular weight is 344 g/mol. The van der Waals surface area contributed by atoms with Gasteiger partial charge in [0.05, 0.1) is 6.21 Å². The Bertz CT molecular complexity index is 1050. The number of rotatable bonds is 5. The number of aromatic amines is 1. The van der Waals surface area contributed by atoms with E-state index in [0.29, 0.717) is 23.6 Å². The van der Waals surface area contributed by atoms with E-state index in [1.54, 1.807) is 16.7 Å². The van der Waals surface area contributed by atoms with Crippen molar-refractivity contribution in [3.63, 3.8) is 0 Å². The number of hydrogen-bond donors (Lipinski definition) is 2. The Hall–Kier alpha value is -3.23. The minimum Gasteiger partial charge on any atom is -0.303 e. The lowest BCUT2D eigenvalue weighted by Gasteiger charge is -2.05. The molecule has 0 aliphatic carbocycles. The molecule has 0 fully saturated rings. The molecule has 0 spiro atoms. The summed E-state index contributed by atoms with van der Waals surface area (Å²) in [6, 6.07) is 5.85. The number of benzene rings is 1. The van der Waals surface area contributed by atoms with Gasteiger partial charge in [-0.1, -0.05) is 19.1 Å². The average Bonchev–Trinajstić information content (AvgIpc) is 2.94. The first-order chi connectivity index (χ1) is 12.0. The number of nitrogens with one attached hydrogen (secondary N) is 2. The number of anilines is 1. The summed E-state index contributed by atoms with van der Waals surface area (Å²) < 4.78 is 15.9. The summed E-state index contributed by atoms with van der Waals surface area (Å²) in [5.74, 6) is 0.0249. The van der Waals surface area contributed by atoms with Gasteiger partial charge in [0, 0.05) is 13.6 Å². The summed E-state index contributed by atoms with van der Waals surface area (Å²) in [6.07, 6.45) is 2.28. The number of imidazole rings is 1. The molecular formula is C16H17FN6O2. The Morgan fingerprint density at radius 3 is 2.72 bits per heavy atom. The van der Waals surface area contributed by atoms with Crippen LogP contribution < -0.4 is 16.7 Å². The molecule has 0 saturated heterocycles. The maximum absolute atomic E-state index is 12.9. The summed E-state index contributed by atoms with van der Waals surface area (Å²) in [7, 11) is 1.54. The van der Waals surface area contributed by atoms with Crippen molar-refractivity contribution < 1.29 is 4.39 Å². The molecule has 0 saturated carbocycles. The fourth-order valence-corrected chi connectivity index (χ4v) is 2.47. The molecule has 0 radical (unpaired) electrons. The normalized spacial score (nSPS) is 11.5. The Balaban J connectivity index is 2.00. The van der Waals surface area contributed by atoms with Crippen molar-refractivity contribution in [1.82, 2.24) is 19.1 Å². The first-order valence-corrected chi connectivity index (χ1v) is 7.75. The molecule has 2 heterocycles. The van der Waals surface area contributed by atoms with Crippen LogP contribution in [0.25, 0.3) is 11.2 Å². The highest BCUT2D eigenvalue weighted by atomic mass is 19.1. The van der Waals surface area contributed by atoms with Crippen molar-refractivity contribution in [1.29, 1.82) is 0 Å². The van der Waals surface area contributed by atoms with Crippen LogP contribution in [0, 0.1) is 5.82 Å². The number of hydrogen-bond acceptors (Lipinski definition) is 5. The van der Waals surface area contributed by atoms with Crippen molar-refractivity contribution >= 4 is 23.3 Å². The zero-order valence-corrected chi connectivity index (χ0v) is 13.8. The maximum atomic E-state index is 12.9. The smallest absolute Gasteiger partial charge is 0.303 e. The van der Waals surface area contributed by atoms with Gasteiger partial charge >= 0.3 is 5.69 Å².